The third-order valence-electron chi connectivity index (χ3n) is 2.84. The summed E-state index contributed by atoms with van der Waals surface area (Å²) in [5, 5.41) is 7.30. The Bertz CT molecular complexity index is 605. The average Bonchev–Trinajstić information content (AvgIpc) is 2.53. The maximum absolute atomic E-state index is 12.8. The van der Waals surface area contributed by atoms with Gasteiger partial charge in [0.05, 0.1) is 6.54 Å². The van der Waals surface area contributed by atoms with Gasteiger partial charge in [-0.15, -0.1) is 0 Å². The van der Waals surface area contributed by atoms with Gasteiger partial charge in [-0.05, 0) is 54.2 Å². The Kier molecular flexibility index (Phi) is 6.43. The fraction of sp³-hybridized carbons (Fsp3) is 0.188. The Hall–Kier alpha value is -1.85. The maximum atomic E-state index is 12.8. The average molecular weight is 339 g/mol. The van der Waals surface area contributed by atoms with Gasteiger partial charge in [-0.1, -0.05) is 23.7 Å². The van der Waals surface area contributed by atoms with Gasteiger partial charge in [-0.2, -0.15) is 0 Å². The minimum absolute atomic E-state index is 0.246. The predicted octanol–water partition coefficient (Wildman–Crippen LogP) is 3.52. The molecule has 0 saturated heterocycles. The molecule has 0 spiro atoms. The highest BCUT2D eigenvalue weighted by Gasteiger charge is 1.98. The number of rotatable bonds is 6. The SMILES string of the molecule is Fc1ccc(CNC(=S)NCCOc2ccc(Cl)cc2)cc1. The van der Waals surface area contributed by atoms with Crippen LogP contribution in [0.5, 0.6) is 5.75 Å². The molecule has 0 aromatic heterocycles. The van der Waals surface area contributed by atoms with Gasteiger partial charge < -0.3 is 15.4 Å². The van der Waals surface area contributed by atoms with Crippen LogP contribution >= 0.6 is 23.8 Å². The molecule has 0 bridgehead atoms. The standard InChI is InChI=1S/C16H16ClFN2OS/c17-13-3-7-15(8-4-13)21-10-9-19-16(22)20-11-12-1-5-14(18)6-2-12/h1-8H,9-11H2,(H2,19,20,22). The van der Waals surface area contributed by atoms with Crippen molar-refractivity contribution >= 4 is 28.9 Å². The summed E-state index contributed by atoms with van der Waals surface area (Å²) in [5.74, 6) is 0.514. The highest BCUT2D eigenvalue weighted by molar-refractivity contribution is 7.80. The minimum atomic E-state index is -0.246. The molecule has 2 aromatic carbocycles. The number of halogens is 2. The highest BCUT2D eigenvalue weighted by Crippen LogP contribution is 2.15. The number of nitrogens with one attached hydrogen (secondary N) is 2. The van der Waals surface area contributed by atoms with E-state index in [1.807, 2.05) is 12.1 Å². The molecular weight excluding hydrogens is 323 g/mol. The Balaban J connectivity index is 1.61. The Morgan fingerprint density at radius 2 is 1.73 bits per heavy atom. The molecule has 0 atom stereocenters. The quantitative estimate of drug-likeness (QED) is 0.623. The van der Waals surface area contributed by atoms with Gasteiger partial charge in [0.2, 0.25) is 0 Å². The number of thiocarbonyl (C=S) groups is 1. The second-order valence-electron chi connectivity index (χ2n) is 4.54. The van der Waals surface area contributed by atoms with Crippen molar-refractivity contribution in [2.75, 3.05) is 13.2 Å². The van der Waals surface area contributed by atoms with Crippen molar-refractivity contribution in [2.45, 2.75) is 6.54 Å². The first-order chi connectivity index (χ1) is 10.6. The molecule has 116 valence electrons. The van der Waals surface area contributed by atoms with E-state index in [1.54, 1.807) is 24.3 Å². The molecule has 0 fully saturated rings. The van der Waals surface area contributed by atoms with E-state index in [1.165, 1.54) is 12.1 Å². The first-order valence-corrected chi connectivity index (χ1v) is 7.56. The van der Waals surface area contributed by atoms with E-state index in [0.29, 0.717) is 29.8 Å². The molecule has 0 saturated carbocycles. The molecule has 0 amide bonds. The van der Waals surface area contributed by atoms with Gasteiger partial charge in [0.1, 0.15) is 18.2 Å². The maximum Gasteiger partial charge on any atom is 0.166 e. The number of benzene rings is 2. The molecular formula is C16H16ClFN2OS. The zero-order chi connectivity index (χ0) is 15.8. The number of hydrogen-bond donors (Lipinski definition) is 2. The molecule has 2 rings (SSSR count). The van der Waals surface area contributed by atoms with Crippen LogP contribution < -0.4 is 15.4 Å². The van der Waals surface area contributed by atoms with Crippen LogP contribution in [0.3, 0.4) is 0 Å². The zero-order valence-corrected chi connectivity index (χ0v) is 13.4. The topological polar surface area (TPSA) is 33.3 Å². The van der Waals surface area contributed by atoms with E-state index < -0.39 is 0 Å². The summed E-state index contributed by atoms with van der Waals surface area (Å²) in [6.07, 6.45) is 0. The second kappa shape index (κ2) is 8.56. The molecule has 3 nitrogen and oxygen atoms in total. The van der Waals surface area contributed by atoms with Crippen molar-refractivity contribution in [3.05, 3.63) is 64.9 Å². The molecule has 22 heavy (non-hydrogen) atoms. The van der Waals surface area contributed by atoms with Crippen molar-refractivity contribution in [3.8, 4) is 5.75 Å². The van der Waals surface area contributed by atoms with E-state index in [0.717, 1.165) is 11.3 Å². The van der Waals surface area contributed by atoms with Crippen molar-refractivity contribution in [1.82, 2.24) is 10.6 Å². The van der Waals surface area contributed by atoms with Crippen LogP contribution in [0.15, 0.2) is 48.5 Å². The predicted molar refractivity (Wildman–Crippen MR) is 90.8 cm³/mol. The lowest BCUT2D eigenvalue weighted by atomic mass is 10.2. The van der Waals surface area contributed by atoms with Gasteiger partial charge in [-0.25, -0.2) is 4.39 Å². The third-order valence-corrected chi connectivity index (χ3v) is 3.38. The summed E-state index contributed by atoms with van der Waals surface area (Å²) in [6, 6.07) is 13.5. The second-order valence-corrected chi connectivity index (χ2v) is 5.38. The third kappa shape index (κ3) is 5.87. The molecule has 0 heterocycles. The van der Waals surface area contributed by atoms with Gasteiger partial charge in [0.15, 0.2) is 5.11 Å². The lowest BCUT2D eigenvalue weighted by molar-refractivity contribution is 0.322. The van der Waals surface area contributed by atoms with Crippen molar-refractivity contribution < 1.29 is 9.13 Å². The Morgan fingerprint density at radius 1 is 1.05 bits per heavy atom. The van der Waals surface area contributed by atoms with Gasteiger partial charge >= 0.3 is 0 Å². The summed E-state index contributed by atoms with van der Waals surface area (Å²) >= 11 is 11.0. The lowest BCUT2D eigenvalue weighted by Crippen LogP contribution is -2.37. The highest BCUT2D eigenvalue weighted by atomic mass is 35.5. The van der Waals surface area contributed by atoms with Crippen LogP contribution in [0.2, 0.25) is 5.02 Å². The molecule has 0 aliphatic rings. The molecule has 6 heteroatoms. The van der Waals surface area contributed by atoms with Crippen molar-refractivity contribution in [3.63, 3.8) is 0 Å². The molecule has 0 aliphatic heterocycles. The van der Waals surface area contributed by atoms with Crippen LogP contribution in [0.1, 0.15) is 5.56 Å². The summed E-state index contributed by atoms with van der Waals surface area (Å²) in [6.45, 7) is 1.61. The molecule has 0 radical (unpaired) electrons. The molecule has 2 aromatic rings. The van der Waals surface area contributed by atoms with E-state index in [-0.39, 0.29) is 5.82 Å². The molecule has 0 aliphatic carbocycles. The molecule has 0 unspecified atom stereocenters. The zero-order valence-electron chi connectivity index (χ0n) is 11.8. The van der Waals surface area contributed by atoms with Gasteiger partial charge in [-0.3, -0.25) is 0 Å². The largest absolute Gasteiger partial charge is 0.492 e. The summed E-state index contributed by atoms with van der Waals surface area (Å²) < 4.78 is 18.3. The van der Waals surface area contributed by atoms with E-state index in [2.05, 4.69) is 10.6 Å². The number of ether oxygens (including phenoxy) is 1. The van der Waals surface area contributed by atoms with Crippen molar-refractivity contribution in [1.29, 1.82) is 0 Å². The van der Waals surface area contributed by atoms with Crippen LogP contribution in [0, 0.1) is 5.82 Å². The lowest BCUT2D eigenvalue weighted by Gasteiger charge is -2.11. The Morgan fingerprint density at radius 3 is 2.41 bits per heavy atom. The van der Waals surface area contributed by atoms with Gasteiger partial charge in [0, 0.05) is 11.6 Å². The minimum Gasteiger partial charge on any atom is -0.492 e. The first kappa shape index (κ1) is 16.5. The normalized spacial score (nSPS) is 10.1. The molecule has 2 N–H and O–H groups in total. The summed E-state index contributed by atoms with van der Waals surface area (Å²) in [5.41, 5.74) is 0.961. The van der Waals surface area contributed by atoms with E-state index in [9.17, 15) is 4.39 Å². The van der Waals surface area contributed by atoms with Crippen LogP contribution in [-0.4, -0.2) is 18.3 Å². The van der Waals surface area contributed by atoms with E-state index in [4.69, 9.17) is 28.6 Å². The van der Waals surface area contributed by atoms with Gasteiger partial charge in [0.25, 0.3) is 0 Å². The smallest absolute Gasteiger partial charge is 0.166 e. The Labute approximate surface area is 139 Å². The van der Waals surface area contributed by atoms with Crippen LogP contribution in [-0.2, 0) is 6.54 Å². The van der Waals surface area contributed by atoms with Crippen LogP contribution in [0.25, 0.3) is 0 Å². The first-order valence-electron chi connectivity index (χ1n) is 6.78. The number of hydrogen-bond acceptors (Lipinski definition) is 2. The van der Waals surface area contributed by atoms with E-state index >= 15 is 0 Å². The fourth-order valence-electron chi connectivity index (χ4n) is 1.71. The summed E-state index contributed by atoms with van der Waals surface area (Å²) in [4.78, 5) is 0. The summed E-state index contributed by atoms with van der Waals surface area (Å²) in [7, 11) is 0. The fourth-order valence-corrected chi connectivity index (χ4v) is 2.01. The van der Waals surface area contributed by atoms with Crippen LogP contribution in [0.4, 0.5) is 4.39 Å². The van der Waals surface area contributed by atoms with Crippen molar-refractivity contribution in [2.24, 2.45) is 0 Å². The monoisotopic (exact) mass is 338 g/mol.